The summed E-state index contributed by atoms with van der Waals surface area (Å²) in [4.78, 5) is 23.0. The first kappa shape index (κ1) is 28.1. The van der Waals surface area contributed by atoms with E-state index in [1.165, 1.54) is 12.8 Å². The molecule has 0 amide bonds. The average molecular weight is 423 g/mol. The number of hydrogen-bond donors (Lipinski definition) is 1. The van der Waals surface area contributed by atoms with Crippen molar-refractivity contribution >= 4 is 11.9 Å². The largest absolute Gasteiger partial charge is 0.481 e. The van der Waals surface area contributed by atoms with Crippen LogP contribution in [0, 0.1) is 0 Å². The fourth-order valence-electron chi connectivity index (χ4n) is 3.08. The molecule has 5 nitrogen and oxygen atoms in total. The van der Waals surface area contributed by atoms with Gasteiger partial charge in [0.15, 0.2) is 6.10 Å². The molecule has 0 saturated carbocycles. The van der Waals surface area contributed by atoms with Crippen molar-refractivity contribution in [2.45, 2.75) is 83.7 Å². The van der Waals surface area contributed by atoms with Crippen LogP contribution in [-0.4, -0.2) is 55.3 Å². The summed E-state index contributed by atoms with van der Waals surface area (Å²) >= 11 is 0. The maximum atomic E-state index is 12.0. The van der Waals surface area contributed by atoms with Crippen LogP contribution >= 0.6 is 0 Å². The number of quaternary nitrogens is 1. The van der Waals surface area contributed by atoms with Gasteiger partial charge < -0.3 is 14.3 Å². The van der Waals surface area contributed by atoms with Gasteiger partial charge in [-0.25, -0.2) is 0 Å². The third-order valence-electron chi connectivity index (χ3n) is 4.48. The highest BCUT2D eigenvalue weighted by Crippen LogP contribution is 2.11. The van der Waals surface area contributed by atoms with Crippen LogP contribution in [0.3, 0.4) is 0 Å². The number of carbonyl (C=O) groups is 2. The fourth-order valence-corrected chi connectivity index (χ4v) is 3.08. The SMILES string of the molecule is CCC=CCC=CCC=CCCCCCCCC(=O)OC(CC(=O)O)C[N+](C)(C)C. The second-order valence-electron chi connectivity index (χ2n) is 8.78. The van der Waals surface area contributed by atoms with E-state index in [4.69, 9.17) is 9.84 Å². The summed E-state index contributed by atoms with van der Waals surface area (Å²) in [5.74, 6) is -1.22. The number of esters is 1. The molecule has 0 aliphatic heterocycles. The molecule has 0 aromatic carbocycles. The lowest BCUT2D eigenvalue weighted by Crippen LogP contribution is -2.43. The Bertz CT molecular complexity index is 544. The van der Waals surface area contributed by atoms with Crippen LogP contribution < -0.4 is 0 Å². The van der Waals surface area contributed by atoms with E-state index in [1.807, 2.05) is 21.1 Å². The number of allylic oxidation sites excluding steroid dienone is 6. The van der Waals surface area contributed by atoms with Crippen molar-refractivity contribution in [3.05, 3.63) is 36.5 Å². The van der Waals surface area contributed by atoms with Crippen molar-refractivity contribution in [2.75, 3.05) is 27.7 Å². The van der Waals surface area contributed by atoms with Gasteiger partial charge in [-0.15, -0.1) is 0 Å². The van der Waals surface area contributed by atoms with Crippen molar-refractivity contribution in [2.24, 2.45) is 0 Å². The van der Waals surface area contributed by atoms with Gasteiger partial charge in [-0.05, 0) is 38.5 Å². The number of carboxylic acids is 1. The Morgan fingerprint density at radius 2 is 1.43 bits per heavy atom. The highest BCUT2D eigenvalue weighted by atomic mass is 16.5. The molecule has 0 aliphatic carbocycles. The Hall–Kier alpha value is -1.88. The predicted octanol–water partition coefficient (Wildman–Crippen LogP) is 5.67. The molecule has 0 spiro atoms. The first-order valence-corrected chi connectivity index (χ1v) is 11.4. The van der Waals surface area contributed by atoms with Gasteiger partial charge in [0, 0.05) is 6.42 Å². The number of rotatable bonds is 18. The minimum absolute atomic E-state index is 0.138. The molecule has 1 N–H and O–H groups in total. The molecule has 1 unspecified atom stereocenters. The molecule has 0 fully saturated rings. The van der Waals surface area contributed by atoms with Gasteiger partial charge in [0.25, 0.3) is 0 Å². The molecule has 5 heteroatoms. The number of carboxylic acid groups (broad SMARTS) is 1. The molecule has 0 bridgehead atoms. The summed E-state index contributed by atoms with van der Waals surface area (Å²) in [6.07, 6.45) is 22.4. The third kappa shape index (κ3) is 20.8. The summed E-state index contributed by atoms with van der Waals surface area (Å²) in [6, 6.07) is 0. The number of unbranched alkanes of at least 4 members (excludes halogenated alkanes) is 5. The Labute approximate surface area is 184 Å². The standard InChI is InChI=1S/C25H43NO4/c1-5-6-7-8-9-10-11-12-13-14-15-16-17-18-19-20-25(29)30-23(21-24(27)28)22-26(2,3)4/h6-7,9-10,12-13,23H,5,8,11,14-22H2,1-4H3/p+1. The van der Waals surface area contributed by atoms with E-state index in [1.54, 1.807) is 0 Å². The van der Waals surface area contributed by atoms with Crippen LogP contribution in [0.4, 0.5) is 0 Å². The van der Waals surface area contributed by atoms with Crippen LogP contribution in [0.25, 0.3) is 0 Å². The lowest BCUT2D eigenvalue weighted by Gasteiger charge is -2.28. The number of hydrogen-bond acceptors (Lipinski definition) is 3. The van der Waals surface area contributed by atoms with Crippen LogP contribution in [0.15, 0.2) is 36.5 Å². The molecule has 0 saturated heterocycles. The van der Waals surface area contributed by atoms with Crippen molar-refractivity contribution in [1.29, 1.82) is 0 Å². The zero-order valence-electron chi connectivity index (χ0n) is 19.6. The van der Waals surface area contributed by atoms with E-state index >= 15 is 0 Å². The molecular formula is C25H44NO4+. The Morgan fingerprint density at radius 3 is 2.03 bits per heavy atom. The number of likely N-dealkylation sites (N-methyl/N-ethyl adjacent to an activating group) is 1. The lowest BCUT2D eigenvalue weighted by atomic mass is 10.1. The maximum absolute atomic E-state index is 12.0. The van der Waals surface area contributed by atoms with Crippen LogP contribution in [0.2, 0.25) is 0 Å². The van der Waals surface area contributed by atoms with Gasteiger partial charge >= 0.3 is 11.9 Å². The Morgan fingerprint density at radius 1 is 0.867 bits per heavy atom. The number of nitrogens with zero attached hydrogens (tertiary/aromatic N) is 1. The van der Waals surface area contributed by atoms with E-state index in [9.17, 15) is 9.59 Å². The topological polar surface area (TPSA) is 63.6 Å². The van der Waals surface area contributed by atoms with Gasteiger partial charge in [0.2, 0.25) is 0 Å². The summed E-state index contributed by atoms with van der Waals surface area (Å²) in [7, 11) is 5.88. The lowest BCUT2D eigenvalue weighted by molar-refractivity contribution is -0.873. The first-order chi connectivity index (χ1) is 14.2. The van der Waals surface area contributed by atoms with Gasteiger partial charge in [-0.1, -0.05) is 62.6 Å². The van der Waals surface area contributed by atoms with Gasteiger partial charge in [-0.2, -0.15) is 0 Å². The van der Waals surface area contributed by atoms with Crippen LogP contribution in [0.5, 0.6) is 0 Å². The average Bonchev–Trinajstić information content (AvgIpc) is 2.63. The zero-order valence-corrected chi connectivity index (χ0v) is 19.6. The summed E-state index contributed by atoms with van der Waals surface area (Å²) in [5, 5.41) is 9.00. The van der Waals surface area contributed by atoms with Crippen molar-refractivity contribution in [1.82, 2.24) is 0 Å². The molecule has 1 atom stereocenters. The van der Waals surface area contributed by atoms with E-state index in [0.717, 1.165) is 44.9 Å². The highest BCUT2D eigenvalue weighted by Gasteiger charge is 2.24. The molecule has 0 radical (unpaired) electrons. The van der Waals surface area contributed by atoms with E-state index < -0.39 is 12.1 Å². The molecule has 0 rings (SSSR count). The van der Waals surface area contributed by atoms with Gasteiger partial charge in [-0.3, -0.25) is 9.59 Å². The van der Waals surface area contributed by atoms with Crippen LogP contribution in [-0.2, 0) is 14.3 Å². The number of aliphatic carboxylic acids is 1. The van der Waals surface area contributed by atoms with E-state index in [2.05, 4.69) is 43.4 Å². The fraction of sp³-hybridized carbons (Fsp3) is 0.680. The van der Waals surface area contributed by atoms with E-state index in [-0.39, 0.29) is 12.4 Å². The minimum atomic E-state index is -0.935. The van der Waals surface area contributed by atoms with Gasteiger partial charge in [0.1, 0.15) is 6.54 Å². The van der Waals surface area contributed by atoms with Gasteiger partial charge in [0.05, 0.1) is 27.6 Å². The van der Waals surface area contributed by atoms with Crippen molar-refractivity contribution < 1.29 is 23.9 Å². The van der Waals surface area contributed by atoms with E-state index in [0.29, 0.717) is 17.4 Å². The minimum Gasteiger partial charge on any atom is -0.481 e. The molecule has 0 aliphatic rings. The number of ether oxygens (including phenoxy) is 1. The second-order valence-corrected chi connectivity index (χ2v) is 8.78. The normalized spacial score (nSPS) is 13.5. The summed E-state index contributed by atoms with van der Waals surface area (Å²) < 4.78 is 5.96. The smallest absolute Gasteiger partial charge is 0.307 e. The quantitative estimate of drug-likeness (QED) is 0.134. The Kier molecular flexibility index (Phi) is 16.8. The first-order valence-electron chi connectivity index (χ1n) is 11.4. The zero-order chi connectivity index (χ0) is 22.7. The number of carbonyl (C=O) groups excluding carboxylic acids is 1. The monoisotopic (exact) mass is 422 g/mol. The highest BCUT2D eigenvalue weighted by molar-refractivity contribution is 5.71. The molecule has 0 aromatic heterocycles. The third-order valence-corrected chi connectivity index (χ3v) is 4.48. The maximum Gasteiger partial charge on any atom is 0.307 e. The molecule has 30 heavy (non-hydrogen) atoms. The molecule has 172 valence electrons. The Balaban J connectivity index is 3.75. The molecule has 0 heterocycles. The molecule has 0 aromatic rings. The summed E-state index contributed by atoms with van der Waals surface area (Å²) in [5.41, 5.74) is 0. The van der Waals surface area contributed by atoms with Crippen LogP contribution in [0.1, 0.15) is 77.6 Å². The van der Waals surface area contributed by atoms with Crippen molar-refractivity contribution in [3.63, 3.8) is 0 Å². The molecular weight excluding hydrogens is 378 g/mol. The second kappa shape index (κ2) is 17.9. The van der Waals surface area contributed by atoms with Crippen molar-refractivity contribution in [3.8, 4) is 0 Å². The predicted molar refractivity (Wildman–Crippen MR) is 124 cm³/mol. The summed E-state index contributed by atoms with van der Waals surface area (Å²) in [6.45, 7) is 2.64.